The van der Waals surface area contributed by atoms with Crippen LogP contribution >= 0.6 is 0 Å². The van der Waals surface area contributed by atoms with Crippen LogP contribution in [0, 0.1) is 0 Å². The second-order valence-corrected chi connectivity index (χ2v) is 4.27. The first-order valence-corrected chi connectivity index (χ1v) is 6.57. The number of allylic oxidation sites excluding steroid dienone is 3. The summed E-state index contributed by atoms with van der Waals surface area (Å²) in [4.78, 5) is 4.33. The molecule has 1 N–H and O–H groups in total. The van der Waals surface area contributed by atoms with Gasteiger partial charge in [-0.15, -0.1) is 0 Å². The maximum atomic E-state index is 5.70. The standard InChI is InChI=1S/C14H24N2O2/c1-4-5-8-15-13-7-6-12(2)16-11-14(13)18-10-9-17-3/h6,11,15H,4-5,7-10H2,1-3H3. The Bertz CT molecular complexity index is 333. The smallest absolute Gasteiger partial charge is 0.156 e. The Kier molecular flexibility index (Phi) is 7.18. The number of methoxy groups -OCH3 is 1. The van der Waals surface area contributed by atoms with Crippen LogP contribution < -0.4 is 5.32 Å². The van der Waals surface area contributed by atoms with Crippen molar-refractivity contribution in [2.75, 3.05) is 26.9 Å². The summed E-state index contributed by atoms with van der Waals surface area (Å²) in [5, 5.41) is 3.44. The van der Waals surface area contributed by atoms with Crippen molar-refractivity contribution in [1.82, 2.24) is 5.32 Å². The summed E-state index contributed by atoms with van der Waals surface area (Å²) in [6.45, 7) is 6.30. The number of nitrogens with zero attached hydrogens (tertiary/aromatic N) is 1. The predicted octanol–water partition coefficient (Wildman–Crippen LogP) is 2.63. The second kappa shape index (κ2) is 8.75. The maximum absolute atomic E-state index is 5.70. The Hall–Kier alpha value is -1.29. The SMILES string of the molecule is CCCCNC1=C(OCCOC)C=NC(C)=CC1. The Morgan fingerprint density at radius 1 is 1.39 bits per heavy atom. The zero-order chi connectivity index (χ0) is 13.2. The summed E-state index contributed by atoms with van der Waals surface area (Å²) in [6.07, 6.45) is 7.09. The third-order valence-electron chi connectivity index (χ3n) is 2.70. The molecule has 0 spiro atoms. The molecular weight excluding hydrogens is 228 g/mol. The van der Waals surface area contributed by atoms with E-state index >= 15 is 0 Å². The van der Waals surface area contributed by atoms with Gasteiger partial charge in [0.15, 0.2) is 5.76 Å². The molecule has 102 valence electrons. The average molecular weight is 252 g/mol. The molecule has 4 heteroatoms. The Morgan fingerprint density at radius 3 is 2.94 bits per heavy atom. The third kappa shape index (κ3) is 5.36. The maximum Gasteiger partial charge on any atom is 0.156 e. The van der Waals surface area contributed by atoms with E-state index in [4.69, 9.17) is 9.47 Å². The quantitative estimate of drug-likeness (QED) is 0.675. The molecule has 0 unspecified atom stereocenters. The van der Waals surface area contributed by atoms with Crippen molar-refractivity contribution in [3.05, 3.63) is 23.2 Å². The highest BCUT2D eigenvalue weighted by Crippen LogP contribution is 2.14. The number of aliphatic imine (C=N–C) groups is 1. The van der Waals surface area contributed by atoms with Crippen molar-refractivity contribution in [3.63, 3.8) is 0 Å². The highest BCUT2D eigenvalue weighted by atomic mass is 16.5. The van der Waals surface area contributed by atoms with Gasteiger partial charge < -0.3 is 14.8 Å². The summed E-state index contributed by atoms with van der Waals surface area (Å²) in [6, 6.07) is 0. The van der Waals surface area contributed by atoms with Gasteiger partial charge in [0.25, 0.3) is 0 Å². The summed E-state index contributed by atoms with van der Waals surface area (Å²) in [5.41, 5.74) is 2.13. The lowest BCUT2D eigenvalue weighted by Crippen LogP contribution is -2.18. The lowest BCUT2D eigenvalue weighted by atomic mass is 10.2. The van der Waals surface area contributed by atoms with Crippen LogP contribution in [0.4, 0.5) is 0 Å². The molecule has 1 aliphatic rings. The molecule has 0 bridgehead atoms. The molecule has 0 aromatic heterocycles. The van der Waals surface area contributed by atoms with Gasteiger partial charge >= 0.3 is 0 Å². The summed E-state index contributed by atoms with van der Waals surface area (Å²) >= 11 is 0. The molecule has 0 amide bonds. The fraction of sp³-hybridized carbons (Fsp3) is 0.643. The van der Waals surface area contributed by atoms with Gasteiger partial charge in [-0.2, -0.15) is 0 Å². The second-order valence-electron chi connectivity index (χ2n) is 4.27. The minimum atomic E-state index is 0.551. The molecule has 18 heavy (non-hydrogen) atoms. The fourth-order valence-corrected chi connectivity index (χ4v) is 1.58. The summed E-state index contributed by atoms with van der Waals surface area (Å²) in [5.74, 6) is 0.830. The van der Waals surface area contributed by atoms with Gasteiger partial charge in [0, 0.05) is 25.8 Å². The average Bonchev–Trinajstić information content (AvgIpc) is 2.54. The van der Waals surface area contributed by atoms with Gasteiger partial charge in [-0.1, -0.05) is 19.4 Å². The minimum Gasteiger partial charge on any atom is -0.488 e. The normalized spacial score (nSPS) is 15.4. The minimum absolute atomic E-state index is 0.551. The van der Waals surface area contributed by atoms with E-state index in [-0.39, 0.29) is 0 Å². The van der Waals surface area contributed by atoms with Crippen LogP contribution in [-0.2, 0) is 9.47 Å². The van der Waals surface area contributed by atoms with Gasteiger partial charge in [0.1, 0.15) is 6.61 Å². The summed E-state index contributed by atoms with van der Waals surface area (Å²) < 4.78 is 10.7. The number of hydrogen-bond acceptors (Lipinski definition) is 4. The zero-order valence-electron chi connectivity index (χ0n) is 11.7. The van der Waals surface area contributed by atoms with E-state index in [1.165, 1.54) is 6.42 Å². The molecule has 0 aliphatic carbocycles. The van der Waals surface area contributed by atoms with E-state index in [0.717, 1.165) is 36.5 Å². The van der Waals surface area contributed by atoms with Crippen molar-refractivity contribution in [1.29, 1.82) is 0 Å². The van der Waals surface area contributed by atoms with Crippen LogP contribution in [0.25, 0.3) is 0 Å². The molecule has 1 rings (SSSR count). The number of nitrogens with one attached hydrogen (secondary N) is 1. The van der Waals surface area contributed by atoms with E-state index in [1.807, 2.05) is 6.92 Å². The van der Waals surface area contributed by atoms with E-state index < -0.39 is 0 Å². The predicted molar refractivity (Wildman–Crippen MR) is 74.6 cm³/mol. The topological polar surface area (TPSA) is 42.8 Å². The van der Waals surface area contributed by atoms with Crippen LogP contribution in [0.1, 0.15) is 33.1 Å². The van der Waals surface area contributed by atoms with Gasteiger partial charge in [0.2, 0.25) is 0 Å². The highest BCUT2D eigenvalue weighted by Gasteiger charge is 2.08. The van der Waals surface area contributed by atoms with Crippen LogP contribution in [0.15, 0.2) is 28.2 Å². The number of ether oxygens (including phenoxy) is 2. The van der Waals surface area contributed by atoms with Crippen LogP contribution in [-0.4, -0.2) is 33.1 Å². The Morgan fingerprint density at radius 2 is 2.22 bits per heavy atom. The summed E-state index contributed by atoms with van der Waals surface area (Å²) in [7, 11) is 1.67. The van der Waals surface area contributed by atoms with Gasteiger partial charge in [0.05, 0.1) is 18.5 Å². The molecule has 0 aromatic carbocycles. The number of unbranched alkanes of at least 4 members (excludes halogenated alkanes) is 1. The molecular formula is C14H24N2O2. The number of rotatable bonds is 8. The molecule has 1 heterocycles. The molecule has 0 fully saturated rings. The molecule has 0 atom stereocenters. The van der Waals surface area contributed by atoms with E-state index in [9.17, 15) is 0 Å². The first-order chi connectivity index (χ1) is 8.77. The van der Waals surface area contributed by atoms with Crippen LogP contribution in [0.2, 0.25) is 0 Å². The van der Waals surface area contributed by atoms with E-state index in [0.29, 0.717) is 13.2 Å². The van der Waals surface area contributed by atoms with Gasteiger partial charge in [-0.05, 0) is 13.3 Å². The van der Waals surface area contributed by atoms with Crippen LogP contribution in [0.3, 0.4) is 0 Å². The Balaban J connectivity index is 2.62. The monoisotopic (exact) mass is 252 g/mol. The third-order valence-corrected chi connectivity index (χ3v) is 2.70. The molecule has 0 aromatic rings. The Labute approximate surface area is 110 Å². The van der Waals surface area contributed by atoms with Crippen LogP contribution in [0.5, 0.6) is 0 Å². The van der Waals surface area contributed by atoms with Crippen molar-refractivity contribution in [2.45, 2.75) is 33.1 Å². The molecule has 4 nitrogen and oxygen atoms in total. The molecule has 1 aliphatic heterocycles. The lowest BCUT2D eigenvalue weighted by Gasteiger charge is -2.13. The van der Waals surface area contributed by atoms with Gasteiger partial charge in [-0.3, -0.25) is 4.99 Å². The van der Waals surface area contributed by atoms with E-state index in [1.54, 1.807) is 13.3 Å². The van der Waals surface area contributed by atoms with Gasteiger partial charge in [-0.25, -0.2) is 0 Å². The molecule has 0 saturated carbocycles. The van der Waals surface area contributed by atoms with Crippen molar-refractivity contribution >= 4 is 6.21 Å². The van der Waals surface area contributed by atoms with Crippen molar-refractivity contribution in [3.8, 4) is 0 Å². The first kappa shape index (κ1) is 14.8. The van der Waals surface area contributed by atoms with E-state index in [2.05, 4.69) is 23.3 Å². The zero-order valence-corrected chi connectivity index (χ0v) is 11.7. The fourth-order valence-electron chi connectivity index (χ4n) is 1.58. The molecule has 0 radical (unpaired) electrons. The first-order valence-electron chi connectivity index (χ1n) is 6.57. The largest absolute Gasteiger partial charge is 0.488 e. The number of hydrogen-bond donors (Lipinski definition) is 1. The van der Waals surface area contributed by atoms with Crippen molar-refractivity contribution < 1.29 is 9.47 Å². The highest BCUT2D eigenvalue weighted by molar-refractivity contribution is 5.78. The lowest BCUT2D eigenvalue weighted by molar-refractivity contribution is 0.116. The van der Waals surface area contributed by atoms with Crippen molar-refractivity contribution in [2.24, 2.45) is 4.99 Å². The molecule has 0 saturated heterocycles.